The van der Waals surface area contributed by atoms with E-state index in [-0.39, 0.29) is 0 Å². The highest BCUT2D eigenvalue weighted by Crippen LogP contribution is 2.28. The first kappa shape index (κ1) is 56.1. The Bertz CT molecular complexity index is 880. The molecule has 0 radical (unpaired) electrons. The molecule has 0 atom stereocenters. The molecule has 0 saturated carbocycles. The lowest BCUT2D eigenvalue weighted by atomic mass is 10.1. The number of quaternary nitrogens is 1. The van der Waals surface area contributed by atoms with Crippen molar-refractivity contribution in [2.45, 2.75) is 278 Å². The zero-order chi connectivity index (χ0) is 42.6. The van der Waals surface area contributed by atoms with Crippen molar-refractivity contribution in [2.75, 3.05) is 39.5 Å². The van der Waals surface area contributed by atoms with E-state index in [0.29, 0.717) is 0 Å². The molecule has 0 aliphatic carbocycles. The van der Waals surface area contributed by atoms with Crippen LogP contribution in [0.15, 0.2) is 30.3 Å². The van der Waals surface area contributed by atoms with Crippen LogP contribution in [-0.4, -0.2) is 49.9 Å². The first-order chi connectivity index (χ1) is 29.1. The van der Waals surface area contributed by atoms with Crippen LogP contribution in [0.2, 0.25) is 0 Å². The monoisotopic (exact) mass is 829 g/mol. The van der Waals surface area contributed by atoms with E-state index in [1.54, 1.807) is 0 Å². The summed E-state index contributed by atoms with van der Waals surface area (Å²) in [6, 6.07) is 11.3. The minimum atomic E-state index is -0.921. The molecule has 0 heterocycles. The number of nitrogens with zero attached hydrogens (tertiary/aromatic N) is 1. The number of rotatable bonds is 48. The van der Waals surface area contributed by atoms with Gasteiger partial charge < -0.3 is 18.7 Å². The second kappa shape index (κ2) is 42.4. The van der Waals surface area contributed by atoms with Gasteiger partial charge in [0.2, 0.25) is 0 Å². The van der Waals surface area contributed by atoms with E-state index in [1.807, 2.05) is 0 Å². The van der Waals surface area contributed by atoms with E-state index < -0.39 is 5.97 Å². The topological polar surface area (TPSA) is 27.7 Å². The Labute approximate surface area is 371 Å². The predicted molar refractivity (Wildman–Crippen MR) is 260 cm³/mol. The van der Waals surface area contributed by atoms with Crippen molar-refractivity contribution < 1.29 is 18.7 Å². The maximum absolute atomic E-state index is 6.93. The van der Waals surface area contributed by atoms with Gasteiger partial charge in [-0.15, -0.1) is 0 Å². The van der Waals surface area contributed by atoms with Crippen molar-refractivity contribution in [1.29, 1.82) is 0 Å². The predicted octanol–water partition coefficient (Wildman–Crippen LogP) is 17.9. The smallest absolute Gasteiger partial charge is 0.283 e. The van der Waals surface area contributed by atoms with Crippen LogP contribution >= 0.6 is 0 Å². The molecule has 1 aromatic carbocycles. The number of benzene rings is 1. The highest BCUT2D eigenvalue weighted by atomic mass is 16.9. The van der Waals surface area contributed by atoms with E-state index in [9.17, 15) is 0 Å². The minimum absolute atomic E-state index is 0.738. The molecule has 0 N–H and O–H groups in total. The molecule has 0 aliphatic heterocycles. The van der Waals surface area contributed by atoms with Crippen molar-refractivity contribution >= 4 is 0 Å². The first-order valence-corrected chi connectivity index (χ1v) is 26.9. The average Bonchev–Trinajstić information content (AvgIpc) is 3.25. The van der Waals surface area contributed by atoms with E-state index in [1.165, 1.54) is 218 Å². The van der Waals surface area contributed by atoms with Gasteiger partial charge in [0.05, 0.1) is 39.5 Å². The lowest BCUT2D eigenvalue weighted by Crippen LogP contribution is -2.50. The quantitative estimate of drug-likeness (QED) is 0.0372. The van der Waals surface area contributed by atoms with Crippen LogP contribution in [0, 0.1) is 0 Å². The molecule has 0 spiro atoms. The Kier molecular flexibility index (Phi) is 40.3. The maximum Gasteiger partial charge on any atom is 0.283 e. The number of hydrogen-bond acceptors (Lipinski definition) is 3. The summed E-state index contributed by atoms with van der Waals surface area (Å²) in [5.41, 5.74) is 1.47. The molecule has 4 nitrogen and oxygen atoms in total. The van der Waals surface area contributed by atoms with Crippen LogP contribution in [0.3, 0.4) is 0 Å². The fraction of sp³-hybridized carbons (Fsp3) is 0.891. The Balaban J connectivity index is 3.00. The average molecular weight is 829 g/mol. The third kappa shape index (κ3) is 33.3. The van der Waals surface area contributed by atoms with Crippen molar-refractivity contribution in [2.24, 2.45) is 0 Å². The Morgan fingerprint density at radius 2 is 0.627 bits per heavy atom. The van der Waals surface area contributed by atoms with Gasteiger partial charge in [0, 0.05) is 18.4 Å². The Morgan fingerprint density at radius 3 is 0.949 bits per heavy atom. The Morgan fingerprint density at radius 1 is 0.339 bits per heavy atom. The summed E-state index contributed by atoms with van der Waals surface area (Å²) in [4.78, 5) is 0. The molecule has 0 aromatic heterocycles. The van der Waals surface area contributed by atoms with Gasteiger partial charge >= 0.3 is 0 Å². The number of unbranched alkanes of at least 4 members (excludes halogenated alkanes) is 29. The van der Waals surface area contributed by atoms with Gasteiger partial charge in [-0.3, -0.25) is 0 Å². The molecule has 0 aliphatic rings. The van der Waals surface area contributed by atoms with Crippen LogP contribution in [-0.2, 0) is 20.8 Å². The van der Waals surface area contributed by atoms with Gasteiger partial charge in [-0.05, 0) is 32.1 Å². The van der Waals surface area contributed by atoms with Gasteiger partial charge in [-0.2, -0.15) is 0 Å². The van der Waals surface area contributed by atoms with Crippen LogP contribution in [0.25, 0.3) is 0 Å². The molecule has 0 unspecified atom stereocenters. The van der Waals surface area contributed by atoms with E-state index >= 15 is 0 Å². The number of ether oxygens (including phenoxy) is 3. The fourth-order valence-electron chi connectivity index (χ4n) is 8.95. The summed E-state index contributed by atoms with van der Waals surface area (Å²) < 4.78 is 22.0. The maximum atomic E-state index is 6.93. The number of hydrogen-bond donors (Lipinski definition) is 0. The first-order valence-electron chi connectivity index (χ1n) is 26.9. The molecule has 4 heteroatoms. The van der Waals surface area contributed by atoms with Crippen LogP contribution < -0.4 is 0 Å². The molecular formula is C55H106NO3+. The Hall–Kier alpha value is -0.940. The zero-order valence-corrected chi connectivity index (χ0v) is 41.0. The molecule has 59 heavy (non-hydrogen) atoms. The summed E-state index contributed by atoms with van der Waals surface area (Å²) in [6.07, 6.45) is 47.0. The molecule has 0 amide bonds. The van der Waals surface area contributed by atoms with Crippen LogP contribution in [0.4, 0.5) is 0 Å². The lowest BCUT2D eigenvalue weighted by molar-refractivity contribution is -0.941. The molecule has 1 rings (SSSR count). The summed E-state index contributed by atoms with van der Waals surface area (Å²) in [6.45, 7) is 18.6. The van der Waals surface area contributed by atoms with Crippen molar-refractivity contribution in [1.82, 2.24) is 0 Å². The van der Waals surface area contributed by atoms with Gasteiger partial charge in [-0.25, -0.2) is 0 Å². The van der Waals surface area contributed by atoms with Crippen molar-refractivity contribution in [3.05, 3.63) is 35.9 Å². The fourth-order valence-corrected chi connectivity index (χ4v) is 8.95. The van der Waals surface area contributed by atoms with Gasteiger partial charge in [0.1, 0.15) is 6.54 Å². The highest BCUT2D eigenvalue weighted by molar-refractivity contribution is 5.13. The highest BCUT2D eigenvalue weighted by Gasteiger charge is 2.36. The minimum Gasteiger partial charge on any atom is -0.327 e. The van der Waals surface area contributed by atoms with Crippen molar-refractivity contribution in [3.8, 4) is 0 Å². The van der Waals surface area contributed by atoms with Crippen LogP contribution in [0.1, 0.15) is 271 Å². The normalized spacial score (nSPS) is 12.2. The molecule has 1 aromatic rings. The van der Waals surface area contributed by atoms with Gasteiger partial charge in [-0.1, -0.05) is 251 Å². The summed E-state index contributed by atoms with van der Waals surface area (Å²) in [5.74, 6) is -0.921. The largest absolute Gasteiger partial charge is 0.327 e. The second-order valence-corrected chi connectivity index (χ2v) is 18.7. The van der Waals surface area contributed by atoms with Gasteiger partial charge in [0.25, 0.3) is 5.97 Å². The van der Waals surface area contributed by atoms with Crippen LogP contribution in [0.5, 0.6) is 0 Å². The molecule has 348 valence electrons. The molecule has 0 fully saturated rings. The molecule has 0 bridgehead atoms. The van der Waals surface area contributed by atoms with Crippen molar-refractivity contribution in [3.63, 3.8) is 0 Å². The standard InChI is InChI=1S/C55H106NO3/c1-6-11-16-19-22-25-28-31-34-40-50-57-55(58-51-41-35-32-29-26-23-20-17-12-7-2,59-52-42-36-33-30-27-24-21-18-13-8-3)46-43-49-56(47-14-9-4,48-15-10-5)53-54-44-38-37-39-45-54/h37-39,44-45H,6-36,40-43,46-53H2,1-5H3/q+1. The zero-order valence-electron chi connectivity index (χ0n) is 41.0. The summed E-state index contributed by atoms with van der Waals surface area (Å²) in [7, 11) is 0. The van der Waals surface area contributed by atoms with E-state index in [2.05, 4.69) is 65.0 Å². The van der Waals surface area contributed by atoms with E-state index in [0.717, 1.165) is 69.5 Å². The third-order valence-corrected chi connectivity index (χ3v) is 12.9. The summed E-state index contributed by atoms with van der Waals surface area (Å²) >= 11 is 0. The molecule has 0 saturated heterocycles. The third-order valence-electron chi connectivity index (χ3n) is 12.9. The second-order valence-electron chi connectivity index (χ2n) is 18.7. The van der Waals surface area contributed by atoms with E-state index in [4.69, 9.17) is 14.2 Å². The SMILES string of the molecule is CCCCCCCCCCCCOC(CCC[N+](CCCC)(CCCC)Cc1ccccc1)(OCCCCCCCCCCCC)OCCCCCCCCCCCC. The molecular weight excluding hydrogens is 723 g/mol. The lowest BCUT2D eigenvalue weighted by Gasteiger charge is -2.41. The van der Waals surface area contributed by atoms with Gasteiger partial charge in [0.15, 0.2) is 0 Å². The summed E-state index contributed by atoms with van der Waals surface area (Å²) in [5, 5.41) is 0.